The molecule has 0 aliphatic carbocycles. The van der Waals surface area contributed by atoms with Crippen LogP contribution in [0.1, 0.15) is 17.3 Å². The molecule has 1 N–H and O–H groups in total. The van der Waals surface area contributed by atoms with Crippen molar-refractivity contribution in [2.24, 2.45) is 0 Å². The molecule has 1 aromatic carbocycles. The molecule has 0 heterocycles. The molecule has 0 fully saturated rings. The first-order valence-electron chi connectivity index (χ1n) is 4.05. The number of ketones is 1. The van der Waals surface area contributed by atoms with Gasteiger partial charge in [0.2, 0.25) is 0 Å². The molecule has 0 spiro atoms. The van der Waals surface area contributed by atoms with E-state index in [0.717, 1.165) is 5.69 Å². The minimum Gasteiger partial charge on any atom is -0.497 e. The van der Waals surface area contributed by atoms with Crippen LogP contribution in [0.4, 0.5) is 5.69 Å². The van der Waals surface area contributed by atoms with Crippen LogP contribution in [0, 0.1) is 0 Å². The summed E-state index contributed by atoms with van der Waals surface area (Å²) in [5.41, 5.74) is 1.48. The molecule has 3 heteroatoms. The largest absolute Gasteiger partial charge is 0.497 e. The van der Waals surface area contributed by atoms with E-state index >= 15 is 0 Å². The lowest BCUT2D eigenvalue weighted by molar-refractivity contribution is 0.101. The van der Waals surface area contributed by atoms with E-state index in [1.165, 1.54) is 6.92 Å². The number of hydrogen-bond acceptors (Lipinski definition) is 3. The van der Waals surface area contributed by atoms with Crippen LogP contribution in [0.25, 0.3) is 0 Å². The predicted octanol–water partition coefficient (Wildman–Crippen LogP) is 1.94. The number of hydrogen-bond donors (Lipinski definition) is 1. The van der Waals surface area contributed by atoms with E-state index in [1.54, 1.807) is 20.2 Å². The van der Waals surface area contributed by atoms with Gasteiger partial charge in [0.05, 0.1) is 7.11 Å². The molecule has 3 nitrogen and oxygen atoms in total. The summed E-state index contributed by atoms with van der Waals surface area (Å²) in [7, 11) is 3.37. The predicted molar refractivity (Wildman–Crippen MR) is 52.5 cm³/mol. The van der Waals surface area contributed by atoms with Gasteiger partial charge in [0.1, 0.15) is 5.75 Å². The van der Waals surface area contributed by atoms with Crippen molar-refractivity contribution in [3.63, 3.8) is 0 Å². The smallest absolute Gasteiger partial charge is 0.162 e. The van der Waals surface area contributed by atoms with Crippen LogP contribution < -0.4 is 10.1 Å². The van der Waals surface area contributed by atoms with Gasteiger partial charge in [-0.2, -0.15) is 0 Å². The molecule has 70 valence electrons. The molecule has 0 bridgehead atoms. The maximum absolute atomic E-state index is 11.2. The first-order valence-corrected chi connectivity index (χ1v) is 4.05. The monoisotopic (exact) mass is 179 g/mol. The Bertz CT molecular complexity index is 321. The molecule has 0 aliphatic rings. The fraction of sp³-hybridized carbons (Fsp3) is 0.300. The summed E-state index contributed by atoms with van der Waals surface area (Å²) < 4.78 is 5.02. The third kappa shape index (κ3) is 1.99. The molecule has 0 unspecified atom stereocenters. The molecular formula is C10H13NO2. The van der Waals surface area contributed by atoms with E-state index in [0.29, 0.717) is 11.3 Å². The molecule has 1 rings (SSSR count). The van der Waals surface area contributed by atoms with Crippen molar-refractivity contribution in [3.8, 4) is 5.75 Å². The number of methoxy groups -OCH3 is 1. The van der Waals surface area contributed by atoms with E-state index in [1.807, 2.05) is 12.1 Å². The van der Waals surface area contributed by atoms with Gasteiger partial charge in [-0.25, -0.2) is 0 Å². The first kappa shape index (κ1) is 9.58. The zero-order chi connectivity index (χ0) is 9.84. The lowest BCUT2D eigenvalue weighted by Gasteiger charge is -2.07. The van der Waals surface area contributed by atoms with Crippen LogP contribution >= 0.6 is 0 Å². The summed E-state index contributed by atoms with van der Waals surface area (Å²) in [5.74, 6) is 0.729. The number of carbonyl (C=O) groups is 1. The summed E-state index contributed by atoms with van der Waals surface area (Å²) >= 11 is 0. The zero-order valence-corrected chi connectivity index (χ0v) is 8.05. The summed E-state index contributed by atoms with van der Waals surface area (Å²) in [6.45, 7) is 1.54. The number of ether oxygens (including phenoxy) is 1. The Labute approximate surface area is 77.7 Å². The van der Waals surface area contributed by atoms with E-state index in [-0.39, 0.29) is 5.78 Å². The van der Waals surface area contributed by atoms with Gasteiger partial charge in [0.25, 0.3) is 0 Å². The normalized spacial score (nSPS) is 9.46. The van der Waals surface area contributed by atoms with Gasteiger partial charge in [0.15, 0.2) is 5.78 Å². The van der Waals surface area contributed by atoms with Crippen molar-refractivity contribution in [1.82, 2.24) is 0 Å². The van der Waals surface area contributed by atoms with Crippen molar-refractivity contribution in [1.29, 1.82) is 0 Å². The average Bonchev–Trinajstić information content (AvgIpc) is 2.16. The lowest BCUT2D eigenvalue weighted by Crippen LogP contribution is -2.00. The van der Waals surface area contributed by atoms with Crippen LogP contribution in [-0.4, -0.2) is 19.9 Å². The van der Waals surface area contributed by atoms with Crippen LogP contribution in [0.5, 0.6) is 5.75 Å². The maximum atomic E-state index is 11.2. The van der Waals surface area contributed by atoms with Gasteiger partial charge in [-0.05, 0) is 25.1 Å². The summed E-state index contributed by atoms with van der Waals surface area (Å²) in [6.07, 6.45) is 0. The Morgan fingerprint density at radius 2 is 2.15 bits per heavy atom. The molecule has 0 radical (unpaired) electrons. The Kier molecular flexibility index (Phi) is 2.90. The highest BCUT2D eigenvalue weighted by atomic mass is 16.5. The standard InChI is InChI=1S/C10H13NO2/c1-7(12)9-6-8(13-3)4-5-10(9)11-2/h4-6,11H,1-3H3. The number of rotatable bonds is 3. The zero-order valence-electron chi connectivity index (χ0n) is 8.05. The fourth-order valence-corrected chi connectivity index (χ4v) is 1.16. The minimum atomic E-state index is 0.0308. The molecule has 0 amide bonds. The quantitative estimate of drug-likeness (QED) is 0.720. The minimum absolute atomic E-state index is 0.0308. The van der Waals surface area contributed by atoms with Gasteiger partial charge >= 0.3 is 0 Å². The topological polar surface area (TPSA) is 38.3 Å². The Morgan fingerprint density at radius 1 is 1.46 bits per heavy atom. The summed E-state index contributed by atoms with van der Waals surface area (Å²) in [4.78, 5) is 11.2. The molecule has 1 aromatic rings. The Hall–Kier alpha value is -1.51. The highest BCUT2D eigenvalue weighted by Crippen LogP contribution is 2.21. The van der Waals surface area contributed by atoms with Crippen LogP contribution in [-0.2, 0) is 0 Å². The van der Waals surface area contributed by atoms with Crippen molar-refractivity contribution in [3.05, 3.63) is 23.8 Å². The highest BCUT2D eigenvalue weighted by Gasteiger charge is 2.06. The SMILES string of the molecule is CNc1ccc(OC)cc1C(C)=O. The second-order valence-corrected chi connectivity index (χ2v) is 2.72. The average molecular weight is 179 g/mol. The van der Waals surface area contributed by atoms with Gasteiger partial charge in [-0.1, -0.05) is 0 Å². The van der Waals surface area contributed by atoms with Gasteiger partial charge in [0, 0.05) is 18.3 Å². The van der Waals surface area contributed by atoms with E-state index in [4.69, 9.17) is 4.74 Å². The lowest BCUT2D eigenvalue weighted by atomic mass is 10.1. The fourth-order valence-electron chi connectivity index (χ4n) is 1.16. The van der Waals surface area contributed by atoms with Crippen molar-refractivity contribution in [2.75, 3.05) is 19.5 Å². The van der Waals surface area contributed by atoms with Crippen LogP contribution in [0.2, 0.25) is 0 Å². The van der Waals surface area contributed by atoms with E-state index < -0.39 is 0 Å². The van der Waals surface area contributed by atoms with Crippen LogP contribution in [0.15, 0.2) is 18.2 Å². The third-order valence-electron chi connectivity index (χ3n) is 1.88. The maximum Gasteiger partial charge on any atom is 0.162 e. The van der Waals surface area contributed by atoms with Crippen molar-refractivity contribution in [2.45, 2.75) is 6.92 Å². The van der Waals surface area contributed by atoms with Crippen LogP contribution in [0.3, 0.4) is 0 Å². The number of nitrogens with one attached hydrogen (secondary N) is 1. The molecular weight excluding hydrogens is 166 g/mol. The van der Waals surface area contributed by atoms with Gasteiger partial charge in [-0.3, -0.25) is 4.79 Å². The second-order valence-electron chi connectivity index (χ2n) is 2.72. The highest BCUT2D eigenvalue weighted by molar-refractivity contribution is 5.99. The van der Waals surface area contributed by atoms with E-state index in [2.05, 4.69) is 5.32 Å². The summed E-state index contributed by atoms with van der Waals surface area (Å²) in [6, 6.07) is 5.38. The number of Topliss-reactive ketones (excluding diaryl/α,β-unsaturated/α-hetero) is 1. The van der Waals surface area contributed by atoms with Gasteiger partial charge < -0.3 is 10.1 Å². The Morgan fingerprint density at radius 3 is 2.62 bits per heavy atom. The molecule has 0 saturated heterocycles. The molecule has 0 aliphatic heterocycles. The third-order valence-corrected chi connectivity index (χ3v) is 1.88. The number of anilines is 1. The Balaban J connectivity index is 3.18. The van der Waals surface area contributed by atoms with E-state index in [9.17, 15) is 4.79 Å². The first-order chi connectivity index (χ1) is 6.19. The van der Waals surface area contributed by atoms with Gasteiger partial charge in [-0.15, -0.1) is 0 Å². The van der Waals surface area contributed by atoms with Crippen molar-refractivity contribution < 1.29 is 9.53 Å². The molecule has 0 atom stereocenters. The van der Waals surface area contributed by atoms with Crippen molar-refractivity contribution >= 4 is 11.5 Å². The number of benzene rings is 1. The molecule has 13 heavy (non-hydrogen) atoms. The number of carbonyl (C=O) groups excluding carboxylic acids is 1. The molecule has 0 saturated carbocycles. The summed E-state index contributed by atoms with van der Waals surface area (Å²) in [5, 5.41) is 2.95. The second kappa shape index (κ2) is 3.94. The molecule has 0 aromatic heterocycles.